The van der Waals surface area contributed by atoms with Crippen LogP contribution in [-0.4, -0.2) is 20.1 Å². The molecular formula is C12H15NO3. The number of rotatable bonds is 2. The molecule has 1 N–H and O–H groups in total. The number of carbonyl (C=O) groups is 1. The van der Waals surface area contributed by atoms with Crippen LogP contribution in [0.4, 0.5) is 5.69 Å². The van der Waals surface area contributed by atoms with E-state index in [1.165, 1.54) is 0 Å². The topological polar surface area (TPSA) is 47.6 Å². The Bertz CT molecular complexity index is 452. The van der Waals surface area contributed by atoms with Gasteiger partial charge in [0.25, 0.3) is 0 Å². The van der Waals surface area contributed by atoms with Gasteiger partial charge in [0.1, 0.15) is 11.5 Å². The molecule has 0 saturated carbocycles. The van der Waals surface area contributed by atoms with Gasteiger partial charge in [0.05, 0.1) is 25.3 Å². The lowest BCUT2D eigenvalue weighted by atomic mass is 9.85. The number of anilines is 1. The molecule has 0 radical (unpaired) electrons. The summed E-state index contributed by atoms with van der Waals surface area (Å²) in [7, 11) is 3.18. The molecule has 86 valence electrons. The first-order chi connectivity index (χ1) is 7.52. The molecule has 0 bridgehead atoms. The van der Waals surface area contributed by atoms with Gasteiger partial charge in [-0.25, -0.2) is 0 Å². The van der Waals surface area contributed by atoms with Gasteiger partial charge in [-0.3, -0.25) is 4.79 Å². The van der Waals surface area contributed by atoms with Crippen LogP contribution in [0.1, 0.15) is 19.4 Å². The summed E-state index contributed by atoms with van der Waals surface area (Å²) in [6.45, 7) is 3.74. The van der Waals surface area contributed by atoms with Crippen molar-refractivity contribution >= 4 is 11.6 Å². The summed E-state index contributed by atoms with van der Waals surface area (Å²) >= 11 is 0. The van der Waals surface area contributed by atoms with Crippen LogP contribution in [0.15, 0.2) is 12.1 Å². The molecule has 1 amide bonds. The molecule has 1 heterocycles. The molecule has 0 fully saturated rings. The summed E-state index contributed by atoms with van der Waals surface area (Å²) < 4.78 is 10.5. The minimum Gasteiger partial charge on any atom is -0.496 e. The van der Waals surface area contributed by atoms with Crippen molar-refractivity contribution in [3.05, 3.63) is 17.7 Å². The summed E-state index contributed by atoms with van der Waals surface area (Å²) in [5, 5.41) is 2.84. The van der Waals surface area contributed by atoms with Crippen LogP contribution < -0.4 is 14.8 Å². The zero-order chi connectivity index (χ0) is 11.9. The number of carbonyl (C=O) groups excluding carboxylic acids is 1. The Hall–Kier alpha value is -1.71. The molecule has 1 aromatic rings. The second-order valence-corrected chi connectivity index (χ2v) is 4.30. The van der Waals surface area contributed by atoms with E-state index >= 15 is 0 Å². The summed E-state index contributed by atoms with van der Waals surface area (Å²) in [4.78, 5) is 11.9. The summed E-state index contributed by atoms with van der Waals surface area (Å²) in [5.41, 5.74) is 0.992. The summed E-state index contributed by atoms with van der Waals surface area (Å²) in [5.74, 6) is 1.33. The Labute approximate surface area is 94.6 Å². The van der Waals surface area contributed by atoms with E-state index in [1.54, 1.807) is 20.3 Å². The van der Waals surface area contributed by atoms with Crippen LogP contribution in [0.5, 0.6) is 11.5 Å². The maximum atomic E-state index is 11.9. The molecule has 0 aliphatic carbocycles. The molecule has 0 unspecified atom stereocenters. The van der Waals surface area contributed by atoms with Crippen molar-refractivity contribution in [2.24, 2.45) is 0 Å². The van der Waals surface area contributed by atoms with E-state index in [0.29, 0.717) is 11.5 Å². The van der Waals surface area contributed by atoms with Gasteiger partial charge in [0, 0.05) is 5.56 Å². The van der Waals surface area contributed by atoms with Gasteiger partial charge in [0.15, 0.2) is 0 Å². The predicted octanol–water partition coefficient (Wildman–Crippen LogP) is 1.93. The smallest absolute Gasteiger partial charge is 0.234 e. The minimum absolute atomic E-state index is 0.0368. The highest BCUT2D eigenvalue weighted by molar-refractivity contribution is 6.08. The molecule has 2 rings (SSSR count). The second kappa shape index (κ2) is 3.40. The fourth-order valence-corrected chi connectivity index (χ4v) is 2.03. The van der Waals surface area contributed by atoms with E-state index < -0.39 is 5.41 Å². The SMILES string of the molecule is COc1ccc(OC)c2c1NC(=O)C2(C)C. The summed E-state index contributed by atoms with van der Waals surface area (Å²) in [6.07, 6.45) is 0. The number of nitrogens with one attached hydrogen (secondary N) is 1. The van der Waals surface area contributed by atoms with Crippen LogP contribution in [-0.2, 0) is 10.2 Å². The Kier molecular flexibility index (Phi) is 2.30. The largest absolute Gasteiger partial charge is 0.496 e. The van der Waals surface area contributed by atoms with Gasteiger partial charge in [-0.1, -0.05) is 0 Å². The Morgan fingerprint density at radius 1 is 1.12 bits per heavy atom. The lowest BCUT2D eigenvalue weighted by Crippen LogP contribution is -2.27. The fourth-order valence-electron chi connectivity index (χ4n) is 2.03. The predicted molar refractivity (Wildman–Crippen MR) is 61.2 cm³/mol. The number of ether oxygens (including phenoxy) is 2. The van der Waals surface area contributed by atoms with Crippen molar-refractivity contribution < 1.29 is 14.3 Å². The second-order valence-electron chi connectivity index (χ2n) is 4.30. The van der Waals surface area contributed by atoms with E-state index in [4.69, 9.17) is 9.47 Å². The molecular weight excluding hydrogens is 206 g/mol. The lowest BCUT2D eigenvalue weighted by molar-refractivity contribution is -0.119. The van der Waals surface area contributed by atoms with Gasteiger partial charge in [-0.15, -0.1) is 0 Å². The third-order valence-electron chi connectivity index (χ3n) is 3.00. The van der Waals surface area contributed by atoms with Gasteiger partial charge in [-0.05, 0) is 26.0 Å². The molecule has 4 heteroatoms. The zero-order valence-electron chi connectivity index (χ0n) is 9.88. The quantitative estimate of drug-likeness (QED) is 0.830. The van der Waals surface area contributed by atoms with Crippen molar-refractivity contribution in [3.63, 3.8) is 0 Å². The van der Waals surface area contributed by atoms with E-state index in [0.717, 1.165) is 11.3 Å². The monoisotopic (exact) mass is 221 g/mol. The first-order valence-electron chi connectivity index (χ1n) is 5.09. The van der Waals surface area contributed by atoms with Crippen LogP contribution in [0.3, 0.4) is 0 Å². The molecule has 1 aliphatic heterocycles. The standard InChI is InChI=1S/C12H15NO3/c1-12(2)9-7(15-3)5-6-8(16-4)10(9)13-11(12)14/h5-6H,1-4H3,(H,13,14). The first kappa shape index (κ1) is 10.8. The number of hydrogen-bond acceptors (Lipinski definition) is 3. The van der Waals surface area contributed by atoms with Gasteiger partial charge >= 0.3 is 0 Å². The third kappa shape index (κ3) is 1.26. The van der Waals surface area contributed by atoms with Crippen LogP contribution in [0.2, 0.25) is 0 Å². The highest BCUT2D eigenvalue weighted by Crippen LogP contribution is 2.47. The van der Waals surface area contributed by atoms with E-state index in [9.17, 15) is 4.79 Å². The Balaban J connectivity index is 2.71. The molecule has 4 nitrogen and oxygen atoms in total. The van der Waals surface area contributed by atoms with Gasteiger partial charge < -0.3 is 14.8 Å². The van der Waals surface area contributed by atoms with E-state index in [-0.39, 0.29) is 5.91 Å². The summed E-state index contributed by atoms with van der Waals surface area (Å²) in [6, 6.07) is 3.61. The average molecular weight is 221 g/mol. The Morgan fingerprint density at radius 3 is 2.25 bits per heavy atom. The third-order valence-corrected chi connectivity index (χ3v) is 3.00. The van der Waals surface area contributed by atoms with E-state index in [1.807, 2.05) is 19.9 Å². The van der Waals surface area contributed by atoms with Crippen molar-refractivity contribution in [3.8, 4) is 11.5 Å². The lowest BCUT2D eigenvalue weighted by Gasteiger charge is -2.18. The van der Waals surface area contributed by atoms with Gasteiger partial charge in [0.2, 0.25) is 5.91 Å². The first-order valence-corrected chi connectivity index (χ1v) is 5.09. The highest BCUT2D eigenvalue weighted by atomic mass is 16.5. The molecule has 16 heavy (non-hydrogen) atoms. The molecule has 0 spiro atoms. The Morgan fingerprint density at radius 2 is 1.69 bits per heavy atom. The maximum Gasteiger partial charge on any atom is 0.234 e. The number of benzene rings is 1. The molecule has 0 aromatic heterocycles. The maximum absolute atomic E-state index is 11.9. The van der Waals surface area contributed by atoms with Crippen molar-refractivity contribution in [2.45, 2.75) is 19.3 Å². The van der Waals surface area contributed by atoms with Crippen LogP contribution in [0.25, 0.3) is 0 Å². The molecule has 0 atom stereocenters. The number of amides is 1. The fraction of sp³-hybridized carbons (Fsp3) is 0.417. The minimum atomic E-state index is -0.588. The molecule has 1 aromatic carbocycles. The highest BCUT2D eigenvalue weighted by Gasteiger charge is 2.42. The number of hydrogen-bond donors (Lipinski definition) is 1. The molecule has 1 aliphatic rings. The van der Waals surface area contributed by atoms with Crippen LogP contribution in [0, 0.1) is 0 Å². The normalized spacial score (nSPS) is 16.6. The van der Waals surface area contributed by atoms with Crippen molar-refractivity contribution in [2.75, 3.05) is 19.5 Å². The van der Waals surface area contributed by atoms with Crippen molar-refractivity contribution in [1.29, 1.82) is 0 Å². The van der Waals surface area contributed by atoms with E-state index in [2.05, 4.69) is 5.32 Å². The van der Waals surface area contributed by atoms with Crippen LogP contribution >= 0.6 is 0 Å². The zero-order valence-corrected chi connectivity index (χ0v) is 9.88. The number of fused-ring (bicyclic) bond motifs is 1. The number of methoxy groups -OCH3 is 2. The molecule has 0 saturated heterocycles. The van der Waals surface area contributed by atoms with Gasteiger partial charge in [-0.2, -0.15) is 0 Å². The van der Waals surface area contributed by atoms with Crippen molar-refractivity contribution in [1.82, 2.24) is 0 Å². The average Bonchev–Trinajstić information content (AvgIpc) is 2.50.